The fraction of sp³-hybridized carbons (Fsp3) is 0.571. The Bertz CT molecular complexity index is 1380. The second kappa shape index (κ2) is 9.75. The Hall–Kier alpha value is -3.03. The van der Waals surface area contributed by atoms with Crippen LogP contribution in [-0.2, 0) is 29.3 Å². The fourth-order valence-electron chi connectivity index (χ4n) is 8.49. The van der Waals surface area contributed by atoms with Gasteiger partial charge in [-0.2, -0.15) is 0 Å². The van der Waals surface area contributed by atoms with Gasteiger partial charge in [0.1, 0.15) is 6.61 Å². The molecule has 1 fully saturated rings. The maximum Gasteiger partial charge on any atom is 0.311 e. The van der Waals surface area contributed by atoms with E-state index in [4.69, 9.17) is 9.47 Å². The number of nitrogens with zero attached hydrogens (tertiary/aromatic N) is 1. The van der Waals surface area contributed by atoms with Crippen molar-refractivity contribution >= 4 is 17.8 Å². The molecular formula is C35H45NO6. The maximum absolute atomic E-state index is 14.6. The number of esters is 1. The number of rotatable bonds is 9. The van der Waals surface area contributed by atoms with Crippen molar-refractivity contribution < 1.29 is 29.0 Å². The van der Waals surface area contributed by atoms with Crippen LogP contribution in [0.15, 0.2) is 48.5 Å². The third kappa shape index (κ3) is 4.60. The van der Waals surface area contributed by atoms with Gasteiger partial charge in [-0.1, -0.05) is 48.5 Å². The zero-order valence-electron chi connectivity index (χ0n) is 26.4. The Kier molecular flexibility index (Phi) is 7.06. The minimum Gasteiger partial charge on any atom is -0.464 e. The summed E-state index contributed by atoms with van der Waals surface area (Å²) in [4.78, 5) is 44.2. The molecule has 7 nitrogen and oxygen atoms in total. The van der Waals surface area contributed by atoms with Crippen molar-refractivity contribution in [3.05, 3.63) is 70.8 Å². The van der Waals surface area contributed by atoms with Gasteiger partial charge in [0.2, 0.25) is 11.8 Å². The zero-order chi connectivity index (χ0) is 31.0. The van der Waals surface area contributed by atoms with Crippen LogP contribution in [0.3, 0.4) is 0 Å². The van der Waals surface area contributed by atoms with Gasteiger partial charge in [0.15, 0.2) is 0 Å². The SMILES string of the molecule is COC(C)(C)CC(C)(C)C(=O)OCC12c3ccccc3C(c3ccccc31)C1C(=O)N(C(C)(C)CC(C)(C)O)C(=O)C12. The molecule has 7 heteroatoms. The molecule has 2 aromatic carbocycles. The van der Waals surface area contributed by atoms with E-state index in [1.54, 1.807) is 21.0 Å². The largest absolute Gasteiger partial charge is 0.464 e. The molecule has 1 heterocycles. The molecular weight excluding hydrogens is 530 g/mol. The quantitative estimate of drug-likeness (QED) is 0.320. The number of hydrogen-bond acceptors (Lipinski definition) is 6. The standard InChI is InChI=1S/C35H45NO6/c1-31(2,18-34(7,8)41-9)30(39)42-20-35-23-16-12-10-14-21(23)25(22-15-11-13-17-24(22)35)26-27(35)29(38)36(28(26)37)32(3,4)19-33(5,6)40/h10-17,25-27,40H,18-20H2,1-9H3. The van der Waals surface area contributed by atoms with E-state index in [9.17, 15) is 19.5 Å². The zero-order valence-corrected chi connectivity index (χ0v) is 26.4. The molecule has 42 heavy (non-hydrogen) atoms. The summed E-state index contributed by atoms with van der Waals surface area (Å²) in [6, 6.07) is 15.9. The molecule has 2 amide bonds. The molecule has 4 aliphatic rings. The summed E-state index contributed by atoms with van der Waals surface area (Å²) in [6.07, 6.45) is 0.674. The van der Waals surface area contributed by atoms with Crippen LogP contribution in [0.1, 0.15) is 96.4 Å². The number of amides is 2. The lowest BCUT2D eigenvalue weighted by Crippen LogP contribution is -2.57. The lowest BCUT2D eigenvalue weighted by Gasteiger charge is -2.53. The van der Waals surface area contributed by atoms with Crippen molar-refractivity contribution in [3.63, 3.8) is 0 Å². The first-order chi connectivity index (χ1) is 19.4. The van der Waals surface area contributed by atoms with Gasteiger partial charge in [0.05, 0.1) is 33.9 Å². The maximum atomic E-state index is 14.6. The number of carbonyl (C=O) groups is 3. The van der Waals surface area contributed by atoms with Crippen molar-refractivity contribution in [2.75, 3.05) is 13.7 Å². The molecule has 1 aliphatic heterocycles. The first-order valence-corrected chi connectivity index (χ1v) is 14.9. The van der Waals surface area contributed by atoms with Crippen molar-refractivity contribution in [2.45, 2.75) is 96.3 Å². The highest BCUT2D eigenvalue weighted by atomic mass is 16.5. The summed E-state index contributed by atoms with van der Waals surface area (Å²) in [6.45, 7) is 14.6. The van der Waals surface area contributed by atoms with Crippen molar-refractivity contribution in [1.29, 1.82) is 0 Å². The van der Waals surface area contributed by atoms with E-state index in [1.165, 1.54) is 4.90 Å². The number of imide groups is 1. The summed E-state index contributed by atoms with van der Waals surface area (Å²) in [5.74, 6) is -2.56. The van der Waals surface area contributed by atoms with Gasteiger partial charge < -0.3 is 14.6 Å². The second-order valence-corrected chi connectivity index (χ2v) is 15.0. The molecule has 1 saturated heterocycles. The number of ether oxygens (including phenoxy) is 2. The molecule has 2 atom stereocenters. The molecule has 3 aliphatic carbocycles. The lowest BCUT2D eigenvalue weighted by molar-refractivity contribution is -0.161. The van der Waals surface area contributed by atoms with Crippen molar-refractivity contribution in [3.8, 4) is 0 Å². The molecule has 226 valence electrons. The number of methoxy groups -OCH3 is 1. The normalized spacial score (nSPS) is 25.3. The molecule has 2 bridgehead atoms. The van der Waals surface area contributed by atoms with Gasteiger partial charge in [-0.05, 0) is 90.5 Å². The van der Waals surface area contributed by atoms with Crippen molar-refractivity contribution in [1.82, 2.24) is 4.90 Å². The van der Waals surface area contributed by atoms with E-state index in [-0.39, 0.29) is 36.7 Å². The molecule has 2 unspecified atom stereocenters. The summed E-state index contributed by atoms with van der Waals surface area (Å²) < 4.78 is 11.9. The van der Waals surface area contributed by atoms with Gasteiger partial charge in [-0.25, -0.2) is 0 Å². The van der Waals surface area contributed by atoms with Crippen LogP contribution in [-0.4, -0.2) is 58.2 Å². The van der Waals surface area contributed by atoms with Crippen LogP contribution < -0.4 is 0 Å². The Morgan fingerprint density at radius 1 is 0.857 bits per heavy atom. The smallest absolute Gasteiger partial charge is 0.311 e. The van der Waals surface area contributed by atoms with Crippen LogP contribution in [0.4, 0.5) is 0 Å². The number of aliphatic hydroxyl groups is 1. The minimum atomic E-state index is -1.09. The molecule has 6 rings (SSSR count). The van der Waals surface area contributed by atoms with Crippen LogP contribution in [0.5, 0.6) is 0 Å². The Morgan fingerprint density at radius 3 is 1.88 bits per heavy atom. The summed E-state index contributed by atoms with van der Waals surface area (Å²) in [5.41, 5.74) is -0.577. The van der Waals surface area contributed by atoms with Gasteiger partial charge in [0.25, 0.3) is 0 Å². The minimum absolute atomic E-state index is 0.0661. The molecule has 0 radical (unpaired) electrons. The number of benzene rings is 2. The Morgan fingerprint density at radius 2 is 1.38 bits per heavy atom. The van der Waals surface area contributed by atoms with E-state index in [2.05, 4.69) is 0 Å². The Balaban J connectivity index is 1.65. The molecule has 0 aromatic heterocycles. The summed E-state index contributed by atoms with van der Waals surface area (Å²) >= 11 is 0. The molecule has 2 aromatic rings. The Labute approximate surface area is 249 Å². The van der Waals surface area contributed by atoms with E-state index in [1.807, 2.05) is 90.1 Å². The summed E-state index contributed by atoms with van der Waals surface area (Å²) in [5, 5.41) is 10.7. The predicted molar refractivity (Wildman–Crippen MR) is 160 cm³/mol. The molecule has 0 saturated carbocycles. The van der Waals surface area contributed by atoms with Gasteiger partial charge >= 0.3 is 5.97 Å². The average Bonchev–Trinajstić information content (AvgIpc) is 3.17. The first-order valence-electron chi connectivity index (χ1n) is 14.9. The van der Waals surface area contributed by atoms with Gasteiger partial charge in [-0.3, -0.25) is 19.3 Å². The average molecular weight is 576 g/mol. The third-order valence-electron chi connectivity index (χ3n) is 9.67. The van der Waals surface area contributed by atoms with Crippen LogP contribution in [0.25, 0.3) is 0 Å². The molecule has 1 N–H and O–H groups in total. The number of likely N-dealkylation sites (tertiary alicyclic amines) is 1. The summed E-state index contributed by atoms with van der Waals surface area (Å²) in [7, 11) is 1.63. The fourth-order valence-corrected chi connectivity index (χ4v) is 8.49. The van der Waals surface area contributed by atoms with E-state index in [0.717, 1.165) is 22.3 Å². The van der Waals surface area contributed by atoms with Crippen LogP contribution in [0.2, 0.25) is 0 Å². The van der Waals surface area contributed by atoms with E-state index < -0.39 is 39.4 Å². The van der Waals surface area contributed by atoms with Crippen molar-refractivity contribution in [2.24, 2.45) is 17.3 Å². The monoisotopic (exact) mass is 575 g/mol. The van der Waals surface area contributed by atoms with Gasteiger partial charge in [0, 0.05) is 18.6 Å². The molecule has 0 spiro atoms. The van der Waals surface area contributed by atoms with Crippen LogP contribution >= 0.6 is 0 Å². The highest BCUT2D eigenvalue weighted by molar-refractivity contribution is 6.09. The highest BCUT2D eigenvalue weighted by Gasteiger charge is 2.70. The number of hydrogen-bond donors (Lipinski definition) is 1. The lowest BCUT2D eigenvalue weighted by atomic mass is 9.47. The highest BCUT2D eigenvalue weighted by Crippen LogP contribution is 2.64. The number of carbonyl (C=O) groups excluding carboxylic acids is 3. The second-order valence-electron chi connectivity index (χ2n) is 15.0. The topological polar surface area (TPSA) is 93.1 Å². The van der Waals surface area contributed by atoms with E-state index >= 15 is 0 Å². The first kappa shape index (κ1) is 30.4. The van der Waals surface area contributed by atoms with E-state index in [0.29, 0.717) is 6.42 Å². The van der Waals surface area contributed by atoms with Crippen LogP contribution in [0, 0.1) is 17.3 Å². The predicted octanol–water partition coefficient (Wildman–Crippen LogP) is 5.36. The third-order valence-corrected chi connectivity index (χ3v) is 9.67. The van der Waals surface area contributed by atoms with Gasteiger partial charge in [-0.15, -0.1) is 0 Å².